The normalized spacial score (nSPS) is 20.8. The minimum absolute atomic E-state index is 0.0715. The van der Waals surface area contributed by atoms with Crippen molar-refractivity contribution in [3.8, 4) is 0 Å². The number of ether oxygens (including phenoxy) is 1. The molecule has 170 valence electrons. The maximum absolute atomic E-state index is 13.1. The zero-order valence-corrected chi connectivity index (χ0v) is 19.3. The van der Waals surface area contributed by atoms with E-state index >= 15 is 0 Å². The number of carbonyl (C=O) groups is 1. The third kappa shape index (κ3) is 6.92. The Morgan fingerprint density at radius 1 is 1.23 bits per heavy atom. The van der Waals surface area contributed by atoms with E-state index < -0.39 is 21.4 Å². The zero-order chi connectivity index (χ0) is 22.5. The molecule has 0 aromatic heterocycles. The summed E-state index contributed by atoms with van der Waals surface area (Å²) in [4.78, 5) is 14.2. The van der Waals surface area contributed by atoms with E-state index in [1.807, 2.05) is 20.8 Å². The van der Waals surface area contributed by atoms with Crippen molar-refractivity contribution >= 4 is 16.1 Å². The highest BCUT2D eigenvalue weighted by Crippen LogP contribution is 2.20. The Kier molecular flexibility index (Phi) is 8.24. The predicted octanol–water partition coefficient (Wildman–Crippen LogP) is 3.07. The molecule has 0 bridgehead atoms. The SMILES string of the molecule is C[C@H]1CCN(C(=O)OC(C)(C)C)CC[C@H]1NCCN(C)S(=O)(=O)c1ccc(F)cc1. The molecule has 2 rings (SSSR count). The zero-order valence-electron chi connectivity index (χ0n) is 18.5. The molecule has 1 aromatic carbocycles. The number of sulfonamides is 1. The molecule has 30 heavy (non-hydrogen) atoms. The molecule has 0 saturated carbocycles. The third-order valence-corrected chi connectivity index (χ3v) is 7.13. The van der Waals surface area contributed by atoms with Gasteiger partial charge < -0.3 is 15.0 Å². The van der Waals surface area contributed by atoms with Gasteiger partial charge in [0.1, 0.15) is 11.4 Å². The first-order valence-corrected chi connectivity index (χ1v) is 11.8. The minimum Gasteiger partial charge on any atom is -0.444 e. The lowest BCUT2D eigenvalue weighted by Crippen LogP contribution is -2.41. The van der Waals surface area contributed by atoms with Crippen LogP contribution >= 0.6 is 0 Å². The van der Waals surface area contributed by atoms with Gasteiger partial charge in [0, 0.05) is 39.3 Å². The van der Waals surface area contributed by atoms with Crippen LogP contribution in [0.4, 0.5) is 9.18 Å². The Bertz CT molecular complexity index is 809. The van der Waals surface area contributed by atoms with Crippen LogP contribution in [-0.4, -0.2) is 68.6 Å². The number of hydrogen-bond donors (Lipinski definition) is 1. The molecule has 1 N–H and O–H groups in total. The average molecular weight is 444 g/mol. The second-order valence-corrected chi connectivity index (χ2v) is 10.9. The smallest absolute Gasteiger partial charge is 0.410 e. The van der Waals surface area contributed by atoms with Crippen LogP contribution in [0.15, 0.2) is 29.2 Å². The number of carbonyl (C=O) groups excluding carboxylic acids is 1. The molecule has 1 amide bonds. The monoisotopic (exact) mass is 443 g/mol. The molecule has 1 aliphatic heterocycles. The van der Waals surface area contributed by atoms with Gasteiger partial charge in [-0.2, -0.15) is 4.31 Å². The van der Waals surface area contributed by atoms with Crippen molar-refractivity contribution in [1.82, 2.24) is 14.5 Å². The molecule has 1 fully saturated rings. The summed E-state index contributed by atoms with van der Waals surface area (Å²) in [7, 11) is -2.14. The van der Waals surface area contributed by atoms with E-state index in [9.17, 15) is 17.6 Å². The van der Waals surface area contributed by atoms with E-state index in [1.165, 1.54) is 23.5 Å². The van der Waals surface area contributed by atoms with Gasteiger partial charge in [-0.15, -0.1) is 0 Å². The van der Waals surface area contributed by atoms with Gasteiger partial charge in [0.25, 0.3) is 0 Å². The summed E-state index contributed by atoms with van der Waals surface area (Å²) in [6.45, 7) is 9.71. The van der Waals surface area contributed by atoms with E-state index in [0.29, 0.717) is 32.1 Å². The predicted molar refractivity (Wildman–Crippen MR) is 114 cm³/mol. The lowest BCUT2D eigenvalue weighted by atomic mass is 9.97. The highest BCUT2D eigenvalue weighted by Gasteiger charge is 2.28. The lowest BCUT2D eigenvalue weighted by molar-refractivity contribution is 0.0255. The van der Waals surface area contributed by atoms with Crippen LogP contribution in [0.25, 0.3) is 0 Å². The highest BCUT2D eigenvalue weighted by molar-refractivity contribution is 7.89. The van der Waals surface area contributed by atoms with Crippen molar-refractivity contribution in [1.29, 1.82) is 0 Å². The molecule has 9 heteroatoms. The van der Waals surface area contributed by atoms with Crippen LogP contribution in [0.3, 0.4) is 0 Å². The third-order valence-electron chi connectivity index (χ3n) is 5.26. The highest BCUT2D eigenvalue weighted by atomic mass is 32.2. The number of rotatable bonds is 6. The molecule has 1 heterocycles. The van der Waals surface area contributed by atoms with Crippen molar-refractivity contribution in [2.75, 3.05) is 33.2 Å². The van der Waals surface area contributed by atoms with Crippen molar-refractivity contribution in [2.45, 2.75) is 57.1 Å². The molecule has 1 saturated heterocycles. The summed E-state index contributed by atoms with van der Waals surface area (Å²) in [5, 5.41) is 3.44. The van der Waals surface area contributed by atoms with Crippen molar-refractivity contribution in [3.05, 3.63) is 30.1 Å². The summed E-state index contributed by atoms with van der Waals surface area (Å²) < 4.78 is 45.0. The van der Waals surface area contributed by atoms with Gasteiger partial charge in [-0.3, -0.25) is 0 Å². The Morgan fingerprint density at radius 3 is 2.43 bits per heavy atom. The first kappa shape index (κ1) is 24.6. The fourth-order valence-electron chi connectivity index (χ4n) is 3.38. The molecule has 0 aliphatic carbocycles. The largest absolute Gasteiger partial charge is 0.444 e. The Labute approximate surface area is 179 Å². The van der Waals surface area contributed by atoms with E-state index in [-0.39, 0.29) is 17.0 Å². The minimum atomic E-state index is -3.66. The van der Waals surface area contributed by atoms with Gasteiger partial charge in [-0.05, 0) is 63.8 Å². The molecular weight excluding hydrogens is 409 g/mol. The summed E-state index contributed by atoms with van der Waals surface area (Å²) in [5.41, 5.74) is -0.521. The van der Waals surface area contributed by atoms with Gasteiger partial charge in [-0.25, -0.2) is 17.6 Å². The fraction of sp³-hybridized carbons (Fsp3) is 0.667. The van der Waals surface area contributed by atoms with Crippen LogP contribution < -0.4 is 5.32 Å². The van der Waals surface area contributed by atoms with E-state index in [2.05, 4.69) is 12.2 Å². The van der Waals surface area contributed by atoms with E-state index in [0.717, 1.165) is 25.0 Å². The lowest BCUT2D eigenvalue weighted by Gasteiger charge is -2.26. The molecule has 0 radical (unpaired) electrons. The molecule has 1 aliphatic rings. The molecule has 0 spiro atoms. The second-order valence-electron chi connectivity index (χ2n) is 8.86. The van der Waals surface area contributed by atoms with Crippen LogP contribution in [0.5, 0.6) is 0 Å². The molecular formula is C21H34FN3O4S. The summed E-state index contributed by atoms with van der Waals surface area (Å²) >= 11 is 0. The standard InChI is InChI=1S/C21H34FN3O4S/c1-16-10-13-25(20(26)29-21(2,3)4)14-11-19(16)23-12-15-24(5)30(27,28)18-8-6-17(22)7-9-18/h6-9,16,19,23H,10-15H2,1-5H3/t16-,19+/m0/s1. The van der Waals surface area contributed by atoms with Crippen LogP contribution in [0.2, 0.25) is 0 Å². The first-order chi connectivity index (χ1) is 13.9. The van der Waals surface area contributed by atoms with Crippen molar-refractivity contribution in [3.63, 3.8) is 0 Å². The number of halogens is 1. The molecule has 7 nitrogen and oxygen atoms in total. The van der Waals surface area contributed by atoms with Crippen molar-refractivity contribution in [2.24, 2.45) is 5.92 Å². The maximum Gasteiger partial charge on any atom is 0.410 e. The van der Waals surface area contributed by atoms with Gasteiger partial charge in [0.15, 0.2) is 0 Å². The van der Waals surface area contributed by atoms with Crippen LogP contribution in [-0.2, 0) is 14.8 Å². The number of likely N-dealkylation sites (tertiary alicyclic amines) is 1. The Morgan fingerprint density at radius 2 is 1.83 bits per heavy atom. The van der Waals surface area contributed by atoms with Crippen LogP contribution in [0.1, 0.15) is 40.5 Å². The summed E-state index contributed by atoms with van der Waals surface area (Å²) in [5.74, 6) is -0.127. The van der Waals surface area contributed by atoms with Gasteiger partial charge in [0.05, 0.1) is 4.90 Å². The van der Waals surface area contributed by atoms with E-state index in [4.69, 9.17) is 4.74 Å². The van der Waals surface area contributed by atoms with Gasteiger partial charge >= 0.3 is 6.09 Å². The number of likely N-dealkylation sites (N-methyl/N-ethyl adjacent to an activating group) is 1. The fourth-order valence-corrected chi connectivity index (χ4v) is 4.55. The number of amides is 1. The van der Waals surface area contributed by atoms with Gasteiger partial charge in [-0.1, -0.05) is 6.92 Å². The first-order valence-electron chi connectivity index (χ1n) is 10.3. The molecule has 2 atom stereocenters. The number of nitrogens with one attached hydrogen (secondary N) is 1. The van der Waals surface area contributed by atoms with Crippen LogP contribution in [0, 0.1) is 11.7 Å². The molecule has 0 unspecified atom stereocenters. The number of benzene rings is 1. The quantitative estimate of drug-likeness (QED) is 0.731. The summed E-state index contributed by atoms with van der Waals surface area (Å²) in [6.07, 6.45) is 1.33. The Balaban J connectivity index is 1.86. The van der Waals surface area contributed by atoms with Crippen molar-refractivity contribution < 1.29 is 22.3 Å². The average Bonchev–Trinajstić information content (AvgIpc) is 2.82. The van der Waals surface area contributed by atoms with Gasteiger partial charge in [0.2, 0.25) is 10.0 Å². The van der Waals surface area contributed by atoms with E-state index in [1.54, 1.807) is 4.90 Å². The topological polar surface area (TPSA) is 79.0 Å². The second kappa shape index (κ2) is 10.1. The summed E-state index contributed by atoms with van der Waals surface area (Å²) in [6, 6.07) is 5.01. The number of nitrogens with zero attached hydrogens (tertiary/aromatic N) is 2. The number of hydrogen-bond acceptors (Lipinski definition) is 5. The Hall–Kier alpha value is -1.71. The molecule has 1 aromatic rings. The maximum atomic E-state index is 13.1.